The maximum atomic E-state index is 12.7. The first-order valence-corrected chi connectivity index (χ1v) is 3.29. The highest BCUT2D eigenvalue weighted by Gasteiger charge is 2.17. The zero-order valence-corrected chi connectivity index (χ0v) is 6.12. The molecule has 1 unspecified atom stereocenters. The molecule has 10 heavy (non-hydrogen) atoms. The molecular formula is C8H10F2. The lowest BCUT2D eigenvalue weighted by Crippen LogP contribution is -2.07. The molecule has 0 nitrogen and oxygen atoms in total. The van der Waals surface area contributed by atoms with Crippen LogP contribution in [0.2, 0.25) is 0 Å². The Labute approximate surface area is 59.2 Å². The van der Waals surface area contributed by atoms with Crippen molar-refractivity contribution in [2.45, 2.75) is 26.4 Å². The van der Waals surface area contributed by atoms with E-state index < -0.39 is 12.0 Å². The highest BCUT2D eigenvalue weighted by molar-refractivity contribution is 5.30. The minimum absolute atomic E-state index is 0.227. The highest BCUT2D eigenvalue weighted by Crippen LogP contribution is 2.26. The van der Waals surface area contributed by atoms with Gasteiger partial charge in [0.25, 0.3) is 0 Å². The molecule has 0 N–H and O–H groups in total. The summed E-state index contributed by atoms with van der Waals surface area (Å²) in [7, 11) is 0. The van der Waals surface area contributed by atoms with Gasteiger partial charge in [0.15, 0.2) is 0 Å². The van der Waals surface area contributed by atoms with Gasteiger partial charge in [-0.25, -0.2) is 8.78 Å². The molecule has 0 aromatic heterocycles. The van der Waals surface area contributed by atoms with Crippen molar-refractivity contribution in [1.82, 2.24) is 0 Å². The van der Waals surface area contributed by atoms with Crippen LogP contribution in [0.25, 0.3) is 0 Å². The molecule has 0 aromatic rings. The zero-order valence-electron chi connectivity index (χ0n) is 6.12. The van der Waals surface area contributed by atoms with Crippen LogP contribution in [0.3, 0.4) is 0 Å². The average molecular weight is 144 g/mol. The van der Waals surface area contributed by atoms with Crippen molar-refractivity contribution in [2.75, 3.05) is 0 Å². The van der Waals surface area contributed by atoms with E-state index in [0.717, 1.165) is 5.57 Å². The smallest absolute Gasteiger partial charge is 0.128 e. The minimum Gasteiger partial charge on any atom is -0.242 e. The molecule has 0 heterocycles. The van der Waals surface area contributed by atoms with Crippen LogP contribution in [-0.2, 0) is 0 Å². The molecule has 0 radical (unpaired) electrons. The largest absolute Gasteiger partial charge is 0.242 e. The maximum absolute atomic E-state index is 12.7. The Morgan fingerprint density at radius 2 is 2.10 bits per heavy atom. The van der Waals surface area contributed by atoms with Gasteiger partial charge < -0.3 is 0 Å². The first-order valence-electron chi connectivity index (χ1n) is 3.29. The minimum atomic E-state index is -1.11. The third-order valence-corrected chi connectivity index (χ3v) is 1.72. The second-order valence-corrected chi connectivity index (χ2v) is 2.69. The van der Waals surface area contributed by atoms with Crippen molar-refractivity contribution in [1.29, 1.82) is 0 Å². The summed E-state index contributed by atoms with van der Waals surface area (Å²) in [6.45, 7) is 3.22. The van der Waals surface area contributed by atoms with Crippen molar-refractivity contribution in [3.8, 4) is 0 Å². The summed E-state index contributed by atoms with van der Waals surface area (Å²) < 4.78 is 25.4. The first-order chi connectivity index (χ1) is 4.61. The molecule has 56 valence electrons. The second kappa shape index (κ2) is 2.52. The number of hydrogen-bond acceptors (Lipinski definition) is 0. The summed E-state index contributed by atoms with van der Waals surface area (Å²) in [6, 6.07) is 0. The van der Waals surface area contributed by atoms with E-state index in [9.17, 15) is 8.78 Å². The molecule has 0 bridgehead atoms. The lowest BCUT2D eigenvalue weighted by atomic mass is 9.98. The van der Waals surface area contributed by atoms with Gasteiger partial charge in [-0.15, -0.1) is 0 Å². The summed E-state index contributed by atoms with van der Waals surface area (Å²) in [5.74, 6) is -0.406. The number of alkyl halides is 1. The molecule has 0 saturated carbocycles. The number of allylic oxidation sites excluding steroid dienone is 4. The molecule has 1 atom stereocenters. The fourth-order valence-corrected chi connectivity index (χ4v) is 0.974. The van der Waals surface area contributed by atoms with Crippen LogP contribution in [0.4, 0.5) is 8.78 Å². The Kier molecular flexibility index (Phi) is 1.88. The molecular weight excluding hydrogens is 134 g/mol. The molecule has 0 amide bonds. The van der Waals surface area contributed by atoms with Crippen LogP contribution in [-0.4, -0.2) is 6.17 Å². The van der Waals surface area contributed by atoms with Gasteiger partial charge in [-0.3, -0.25) is 0 Å². The van der Waals surface area contributed by atoms with E-state index in [1.54, 1.807) is 6.92 Å². The van der Waals surface area contributed by atoms with Crippen LogP contribution in [0.15, 0.2) is 23.0 Å². The third kappa shape index (κ3) is 1.25. The molecule has 0 aromatic carbocycles. The van der Waals surface area contributed by atoms with Crippen LogP contribution in [0.5, 0.6) is 0 Å². The molecule has 0 fully saturated rings. The van der Waals surface area contributed by atoms with E-state index in [0.29, 0.717) is 6.42 Å². The number of hydrogen-bond donors (Lipinski definition) is 0. The Hall–Kier alpha value is -0.660. The Balaban J connectivity index is 2.92. The number of rotatable bonds is 0. The molecule has 0 aliphatic heterocycles. The standard InChI is InChI=1S/C8H10F2/c1-5-3-7(9)6(2)8(10)4-5/h3,8H,4H2,1-2H3. The van der Waals surface area contributed by atoms with E-state index in [2.05, 4.69) is 0 Å². The van der Waals surface area contributed by atoms with E-state index >= 15 is 0 Å². The van der Waals surface area contributed by atoms with E-state index in [4.69, 9.17) is 0 Å². The van der Waals surface area contributed by atoms with Gasteiger partial charge in [-0.2, -0.15) is 0 Å². The quantitative estimate of drug-likeness (QED) is 0.490. The maximum Gasteiger partial charge on any atom is 0.128 e. The Morgan fingerprint density at radius 3 is 2.60 bits per heavy atom. The van der Waals surface area contributed by atoms with Gasteiger partial charge in [-0.05, 0) is 25.5 Å². The SMILES string of the molecule is CC1=CC(F)=C(C)C(F)C1. The van der Waals surface area contributed by atoms with Crippen molar-refractivity contribution >= 4 is 0 Å². The van der Waals surface area contributed by atoms with E-state index in [1.807, 2.05) is 0 Å². The molecule has 2 heteroatoms. The van der Waals surface area contributed by atoms with Gasteiger partial charge in [0.05, 0.1) is 0 Å². The molecule has 1 rings (SSSR count). The highest BCUT2D eigenvalue weighted by atomic mass is 19.1. The lowest BCUT2D eigenvalue weighted by Gasteiger charge is -2.14. The van der Waals surface area contributed by atoms with Crippen molar-refractivity contribution in [2.24, 2.45) is 0 Å². The lowest BCUT2D eigenvalue weighted by molar-refractivity contribution is 0.365. The molecule has 0 spiro atoms. The first kappa shape index (κ1) is 7.45. The summed E-state index contributed by atoms with van der Waals surface area (Å²) >= 11 is 0. The van der Waals surface area contributed by atoms with Gasteiger partial charge in [0, 0.05) is 6.42 Å². The monoisotopic (exact) mass is 144 g/mol. The van der Waals surface area contributed by atoms with Gasteiger partial charge in [0.2, 0.25) is 0 Å². The Morgan fingerprint density at radius 1 is 1.50 bits per heavy atom. The van der Waals surface area contributed by atoms with Gasteiger partial charge in [-0.1, -0.05) is 5.57 Å². The Bertz CT molecular complexity index is 201. The van der Waals surface area contributed by atoms with Crippen molar-refractivity contribution in [3.63, 3.8) is 0 Å². The molecule has 1 aliphatic carbocycles. The summed E-state index contributed by atoms with van der Waals surface area (Å²) in [6.07, 6.45) is 0.634. The van der Waals surface area contributed by atoms with Crippen LogP contribution in [0.1, 0.15) is 20.3 Å². The van der Waals surface area contributed by atoms with Crippen molar-refractivity contribution < 1.29 is 8.78 Å². The van der Waals surface area contributed by atoms with Gasteiger partial charge in [0.1, 0.15) is 12.0 Å². The third-order valence-electron chi connectivity index (χ3n) is 1.72. The summed E-state index contributed by atoms with van der Waals surface area (Å²) in [4.78, 5) is 0. The summed E-state index contributed by atoms with van der Waals surface area (Å²) in [5.41, 5.74) is 1.00. The predicted molar refractivity (Wildman–Crippen MR) is 37.1 cm³/mol. The van der Waals surface area contributed by atoms with E-state index in [-0.39, 0.29) is 5.57 Å². The zero-order chi connectivity index (χ0) is 7.72. The van der Waals surface area contributed by atoms with Crippen LogP contribution in [0, 0.1) is 0 Å². The van der Waals surface area contributed by atoms with E-state index in [1.165, 1.54) is 13.0 Å². The van der Waals surface area contributed by atoms with Crippen LogP contribution >= 0.6 is 0 Å². The molecule has 0 saturated heterocycles. The molecule has 1 aliphatic rings. The fraction of sp³-hybridized carbons (Fsp3) is 0.500. The fourth-order valence-electron chi connectivity index (χ4n) is 0.974. The van der Waals surface area contributed by atoms with Crippen molar-refractivity contribution in [3.05, 3.63) is 23.0 Å². The summed E-state index contributed by atoms with van der Waals surface area (Å²) in [5, 5.41) is 0. The van der Waals surface area contributed by atoms with Crippen LogP contribution < -0.4 is 0 Å². The predicted octanol–water partition coefficient (Wildman–Crippen LogP) is 2.92. The number of halogens is 2. The van der Waals surface area contributed by atoms with Gasteiger partial charge >= 0.3 is 0 Å². The average Bonchev–Trinajstić information content (AvgIpc) is 1.82. The topological polar surface area (TPSA) is 0 Å². The second-order valence-electron chi connectivity index (χ2n) is 2.69. The normalized spacial score (nSPS) is 26.8.